The first kappa shape index (κ1) is 9.96. The van der Waals surface area contributed by atoms with E-state index in [9.17, 15) is 5.11 Å². The highest BCUT2D eigenvalue weighted by Gasteiger charge is 2.21. The van der Waals surface area contributed by atoms with Crippen LogP contribution in [0.4, 0.5) is 0 Å². The Labute approximate surface area is 74.3 Å². The van der Waals surface area contributed by atoms with E-state index in [1.165, 1.54) is 0 Å². The average molecular weight is 173 g/mol. The molecule has 1 heterocycles. The smallest absolute Gasteiger partial charge is 0.0690 e. The van der Waals surface area contributed by atoms with Crippen molar-refractivity contribution in [3.05, 3.63) is 0 Å². The lowest BCUT2D eigenvalue weighted by atomic mass is 10.1. The number of morpholine rings is 1. The number of hydrogen-bond donors (Lipinski definition) is 1. The monoisotopic (exact) mass is 173 g/mol. The molecular weight excluding hydrogens is 154 g/mol. The minimum atomic E-state index is -0.192. The summed E-state index contributed by atoms with van der Waals surface area (Å²) in [5, 5.41) is 9.60. The molecule has 0 radical (unpaired) electrons. The lowest BCUT2D eigenvalue weighted by molar-refractivity contribution is -0.0165. The van der Waals surface area contributed by atoms with E-state index < -0.39 is 0 Å². The van der Waals surface area contributed by atoms with Crippen molar-refractivity contribution in [1.82, 2.24) is 4.90 Å². The number of aliphatic hydroxyl groups excluding tert-OH is 1. The van der Waals surface area contributed by atoms with Crippen molar-refractivity contribution >= 4 is 0 Å². The molecule has 3 nitrogen and oxygen atoms in total. The van der Waals surface area contributed by atoms with Gasteiger partial charge in [0.2, 0.25) is 0 Å². The van der Waals surface area contributed by atoms with E-state index in [-0.39, 0.29) is 12.1 Å². The van der Waals surface area contributed by atoms with Gasteiger partial charge in [0.25, 0.3) is 0 Å². The highest BCUT2D eigenvalue weighted by molar-refractivity contribution is 4.75. The van der Waals surface area contributed by atoms with Crippen LogP contribution in [-0.2, 0) is 4.74 Å². The van der Waals surface area contributed by atoms with Crippen molar-refractivity contribution in [2.75, 3.05) is 26.3 Å². The molecule has 0 amide bonds. The van der Waals surface area contributed by atoms with Gasteiger partial charge in [-0.1, -0.05) is 6.92 Å². The maximum Gasteiger partial charge on any atom is 0.0690 e. The Morgan fingerprint density at radius 2 is 2.00 bits per heavy atom. The molecule has 0 bridgehead atoms. The zero-order valence-electron chi connectivity index (χ0n) is 7.99. The van der Waals surface area contributed by atoms with Gasteiger partial charge in [0.05, 0.1) is 19.3 Å². The van der Waals surface area contributed by atoms with E-state index in [1.807, 2.05) is 6.92 Å². The number of hydrogen-bond acceptors (Lipinski definition) is 3. The predicted octanol–water partition coefficient (Wildman–Crippen LogP) is 0.478. The maximum absolute atomic E-state index is 9.60. The SMILES string of the molecule is CCC(O)C(C)N1CCOCC1. The molecule has 1 fully saturated rings. The molecule has 0 aliphatic carbocycles. The Bertz CT molecular complexity index is 124. The topological polar surface area (TPSA) is 32.7 Å². The van der Waals surface area contributed by atoms with Crippen molar-refractivity contribution in [2.24, 2.45) is 0 Å². The van der Waals surface area contributed by atoms with E-state index >= 15 is 0 Å². The largest absolute Gasteiger partial charge is 0.392 e. The van der Waals surface area contributed by atoms with Gasteiger partial charge in [0.15, 0.2) is 0 Å². The number of aliphatic hydroxyl groups is 1. The average Bonchev–Trinajstić information content (AvgIpc) is 2.17. The van der Waals surface area contributed by atoms with E-state index in [1.54, 1.807) is 0 Å². The number of ether oxygens (including phenoxy) is 1. The third kappa shape index (κ3) is 2.44. The summed E-state index contributed by atoms with van der Waals surface area (Å²) in [4.78, 5) is 2.29. The summed E-state index contributed by atoms with van der Waals surface area (Å²) in [5.41, 5.74) is 0. The highest BCUT2D eigenvalue weighted by Crippen LogP contribution is 2.09. The molecule has 1 saturated heterocycles. The van der Waals surface area contributed by atoms with Gasteiger partial charge in [-0.25, -0.2) is 0 Å². The molecule has 2 atom stereocenters. The minimum absolute atomic E-state index is 0.192. The fourth-order valence-electron chi connectivity index (χ4n) is 1.57. The first-order valence-electron chi connectivity index (χ1n) is 4.75. The van der Waals surface area contributed by atoms with Crippen LogP contribution in [0.5, 0.6) is 0 Å². The lowest BCUT2D eigenvalue weighted by Gasteiger charge is -2.34. The molecule has 0 saturated carbocycles. The first-order valence-corrected chi connectivity index (χ1v) is 4.75. The van der Waals surface area contributed by atoms with E-state index in [0.717, 1.165) is 32.7 Å². The van der Waals surface area contributed by atoms with Gasteiger partial charge in [0.1, 0.15) is 0 Å². The summed E-state index contributed by atoms with van der Waals surface area (Å²) in [5.74, 6) is 0. The molecule has 0 aromatic carbocycles. The third-order valence-electron chi connectivity index (χ3n) is 2.60. The van der Waals surface area contributed by atoms with Gasteiger partial charge in [-0.3, -0.25) is 4.90 Å². The molecule has 1 aliphatic heterocycles. The molecular formula is C9H19NO2. The number of rotatable bonds is 3. The van der Waals surface area contributed by atoms with Gasteiger partial charge in [-0.2, -0.15) is 0 Å². The van der Waals surface area contributed by atoms with E-state index in [0.29, 0.717) is 0 Å². The summed E-state index contributed by atoms with van der Waals surface area (Å²) in [7, 11) is 0. The zero-order chi connectivity index (χ0) is 8.97. The fraction of sp³-hybridized carbons (Fsp3) is 1.00. The molecule has 3 heteroatoms. The molecule has 0 aromatic rings. The standard InChI is InChI=1S/C9H19NO2/c1-3-9(11)8(2)10-4-6-12-7-5-10/h8-9,11H,3-7H2,1-2H3. The second-order valence-electron chi connectivity index (χ2n) is 3.36. The van der Waals surface area contributed by atoms with Crippen LogP contribution < -0.4 is 0 Å². The molecule has 0 spiro atoms. The van der Waals surface area contributed by atoms with Gasteiger partial charge in [0, 0.05) is 19.1 Å². The highest BCUT2D eigenvalue weighted by atomic mass is 16.5. The van der Waals surface area contributed by atoms with Crippen LogP contribution in [0.25, 0.3) is 0 Å². The predicted molar refractivity (Wildman–Crippen MR) is 48.2 cm³/mol. The van der Waals surface area contributed by atoms with Crippen LogP contribution in [-0.4, -0.2) is 48.5 Å². The second-order valence-corrected chi connectivity index (χ2v) is 3.36. The van der Waals surface area contributed by atoms with Crippen LogP contribution >= 0.6 is 0 Å². The Kier molecular flexibility index (Phi) is 3.98. The molecule has 72 valence electrons. The summed E-state index contributed by atoms with van der Waals surface area (Å²) in [6.45, 7) is 7.62. The Morgan fingerprint density at radius 1 is 1.42 bits per heavy atom. The van der Waals surface area contributed by atoms with E-state index in [4.69, 9.17) is 4.74 Å². The summed E-state index contributed by atoms with van der Waals surface area (Å²) in [6.07, 6.45) is 0.640. The maximum atomic E-state index is 9.60. The molecule has 1 N–H and O–H groups in total. The lowest BCUT2D eigenvalue weighted by Crippen LogP contribution is -2.47. The Balaban J connectivity index is 2.33. The third-order valence-corrected chi connectivity index (χ3v) is 2.60. The summed E-state index contributed by atoms with van der Waals surface area (Å²) < 4.78 is 5.24. The zero-order valence-corrected chi connectivity index (χ0v) is 7.99. The summed E-state index contributed by atoms with van der Waals surface area (Å²) in [6, 6.07) is 0.277. The van der Waals surface area contributed by atoms with Crippen LogP contribution in [0, 0.1) is 0 Å². The second kappa shape index (κ2) is 4.80. The minimum Gasteiger partial charge on any atom is -0.392 e. The van der Waals surface area contributed by atoms with Crippen LogP contribution in [0.3, 0.4) is 0 Å². The van der Waals surface area contributed by atoms with Gasteiger partial charge in [-0.15, -0.1) is 0 Å². The Hall–Kier alpha value is -0.120. The molecule has 12 heavy (non-hydrogen) atoms. The van der Waals surface area contributed by atoms with Crippen molar-refractivity contribution < 1.29 is 9.84 Å². The van der Waals surface area contributed by atoms with Gasteiger partial charge >= 0.3 is 0 Å². The number of nitrogens with zero attached hydrogens (tertiary/aromatic N) is 1. The van der Waals surface area contributed by atoms with Crippen molar-refractivity contribution in [1.29, 1.82) is 0 Å². The fourth-order valence-corrected chi connectivity index (χ4v) is 1.57. The van der Waals surface area contributed by atoms with Crippen LogP contribution in [0.15, 0.2) is 0 Å². The normalized spacial score (nSPS) is 25.2. The van der Waals surface area contributed by atoms with Crippen molar-refractivity contribution in [3.8, 4) is 0 Å². The molecule has 0 aromatic heterocycles. The van der Waals surface area contributed by atoms with Crippen molar-refractivity contribution in [2.45, 2.75) is 32.4 Å². The Morgan fingerprint density at radius 3 is 2.50 bits per heavy atom. The summed E-state index contributed by atoms with van der Waals surface area (Å²) >= 11 is 0. The van der Waals surface area contributed by atoms with Crippen LogP contribution in [0.2, 0.25) is 0 Å². The molecule has 1 rings (SSSR count). The molecule has 1 aliphatic rings. The van der Waals surface area contributed by atoms with E-state index in [2.05, 4.69) is 11.8 Å². The van der Waals surface area contributed by atoms with Crippen molar-refractivity contribution in [3.63, 3.8) is 0 Å². The first-order chi connectivity index (χ1) is 5.75. The quantitative estimate of drug-likeness (QED) is 0.673. The van der Waals surface area contributed by atoms with Crippen LogP contribution in [0.1, 0.15) is 20.3 Å². The van der Waals surface area contributed by atoms with Gasteiger partial charge < -0.3 is 9.84 Å². The molecule has 2 unspecified atom stereocenters. The van der Waals surface area contributed by atoms with Gasteiger partial charge in [-0.05, 0) is 13.3 Å².